The van der Waals surface area contributed by atoms with Gasteiger partial charge in [0, 0.05) is 25.7 Å². The molecule has 0 bridgehead atoms. The van der Waals surface area contributed by atoms with E-state index in [0.29, 0.717) is 26.3 Å². The maximum Gasteiger partial charge on any atom is 0.406 e. The fourth-order valence-electron chi connectivity index (χ4n) is 2.70. The number of likely N-dealkylation sites (N-methyl/N-ethyl adjacent to an activating group) is 1. The van der Waals surface area contributed by atoms with Gasteiger partial charge in [0.15, 0.2) is 5.16 Å². The highest BCUT2D eigenvalue weighted by molar-refractivity contribution is 7.99. The molecule has 1 saturated heterocycles. The number of nitrogens with zero attached hydrogens (tertiary/aromatic N) is 5. The van der Waals surface area contributed by atoms with Gasteiger partial charge in [-0.3, -0.25) is 14.2 Å². The second-order valence-electron chi connectivity index (χ2n) is 7.92. The normalized spacial score (nSPS) is 15.2. The summed E-state index contributed by atoms with van der Waals surface area (Å²) in [5.74, 6) is -0.793. The quantitative estimate of drug-likeness (QED) is 0.621. The number of carbonyl (C=O) groups excluding carboxylic acids is 2. The maximum atomic E-state index is 13.1. The van der Waals surface area contributed by atoms with Crippen LogP contribution >= 0.6 is 11.8 Å². The average Bonchev–Trinajstić information content (AvgIpc) is 2.99. The number of ether oxygens (including phenoxy) is 1. The number of halogens is 3. The van der Waals surface area contributed by atoms with Crippen LogP contribution in [0.15, 0.2) is 5.16 Å². The number of nitrogens with one attached hydrogen (secondary N) is 1. The second-order valence-corrected chi connectivity index (χ2v) is 8.86. The van der Waals surface area contributed by atoms with Crippen molar-refractivity contribution in [1.29, 1.82) is 0 Å². The third kappa shape index (κ3) is 7.67. The van der Waals surface area contributed by atoms with Crippen molar-refractivity contribution in [3.63, 3.8) is 0 Å². The van der Waals surface area contributed by atoms with Gasteiger partial charge in [0.05, 0.1) is 25.5 Å². The predicted octanol–water partition coefficient (Wildman–Crippen LogP) is 1.14. The van der Waals surface area contributed by atoms with Crippen LogP contribution in [0, 0.1) is 0 Å². The Hall–Kier alpha value is -2.02. The molecule has 1 aromatic heterocycles. The first-order valence-electron chi connectivity index (χ1n) is 9.36. The fourth-order valence-corrected chi connectivity index (χ4v) is 3.57. The molecule has 0 atom stereocenters. The summed E-state index contributed by atoms with van der Waals surface area (Å²) in [5.41, 5.74) is -0.431. The molecule has 0 spiro atoms. The van der Waals surface area contributed by atoms with E-state index in [4.69, 9.17) is 4.74 Å². The van der Waals surface area contributed by atoms with E-state index in [0.717, 1.165) is 16.3 Å². The van der Waals surface area contributed by atoms with Crippen LogP contribution in [0.4, 0.5) is 19.1 Å². The molecule has 0 unspecified atom stereocenters. The highest BCUT2D eigenvalue weighted by Gasteiger charge is 2.33. The lowest BCUT2D eigenvalue weighted by Gasteiger charge is -2.28. The van der Waals surface area contributed by atoms with Crippen LogP contribution in [0.2, 0.25) is 0 Å². The molecule has 9 nitrogen and oxygen atoms in total. The zero-order valence-corrected chi connectivity index (χ0v) is 18.3. The number of alkyl halides is 3. The maximum absolute atomic E-state index is 13.1. The van der Waals surface area contributed by atoms with Gasteiger partial charge in [0.2, 0.25) is 17.8 Å². The first-order chi connectivity index (χ1) is 13.9. The fraction of sp³-hybridized carbons (Fsp3) is 0.765. The van der Waals surface area contributed by atoms with Gasteiger partial charge in [-0.25, -0.2) is 0 Å². The van der Waals surface area contributed by atoms with Crippen molar-refractivity contribution in [2.24, 2.45) is 0 Å². The first kappa shape index (κ1) is 24.3. The lowest BCUT2D eigenvalue weighted by molar-refractivity contribution is -0.141. The number of aromatic nitrogens is 3. The SMILES string of the molecule is CN(CC(=O)NC(C)(C)C)C(=O)CSc1nnc(N2CCOCC2)n1CC(F)(F)F. The molecule has 1 aromatic rings. The van der Waals surface area contributed by atoms with E-state index in [-0.39, 0.29) is 29.3 Å². The van der Waals surface area contributed by atoms with Crippen LogP contribution in [-0.2, 0) is 20.9 Å². The van der Waals surface area contributed by atoms with E-state index < -0.39 is 24.2 Å². The van der Waals surface area contributed by atoms with Gasteiger partial charge in [-0.15, -0.1) is 10.2 Å². The predicted molar refractivity (Wildman–Crippen MR) is 105 cm³/mol. The molecule has 1 fully saturated rings. The van der Waals surface area contributed by atoms with Gasteiger partial charge in [0.1, 0.15) is 6.54 Å². The molecule has 0 saturated carbocycles. The summed E-state index contributed by atoms with van der Waals surface area (Å²) in [5, 5.41) is 10.5. The largest absolute Gasteiger partial charge is 0.406 e. The van der Waals surface area contributed by atoms with E-state index >= 15 is 0 Å². The monoisotopic (exact) mass is 452 g/mol. The lowest BCUT2D eigenvalue weighted by Crippen LogP contribution is -2.46. The highest BCUT2D eigenvalue weighted by Crippen LogP contribution is 2.28. The number of hydrogen-bond donors (Lipinski definition) is 1. The van der Waals surface area contributed by atoms with Crippen LogP contribution in [0.3, 0.4) is 0 Å². The van der Waals surface area contributed by atoms with E-state index in [1.54, 1.807) is 4.90 Å². The Balaban J connectivity index is 2.03. The number of anilines is 1. The van der Waals surface area contributed by atoms with Crippen molar-refractivity contribution in [1.82, 2.24) is 25.0 Å². The Morgan fingerprint density at radius 2 is 1.83 bits per heavy atom. The zero-order chi connectivity index (χ0) is 22.5. The van der Waals surface area contributed by atoms with Crippen LogP contribution in [0.1, 0.15) is 20.8 Å². The Morgan fingerprint density at radius 1 is 1.20 bits per heavy atom. The third-order valence-corrected chi connectivity index (χ3v) is 4.93. The molecule has 1 N–H and O–H groups in total. The van der Waals surface area contributed by atoms with Crippen LogP contribution in [0.25, 0.3) is 0 Å². The Labute approximate surface area is 177 Å². The summed E-state index contributed by atoms with van der Waals surface area (Å²) in [6, 6.07) is 0. The van der Waals surface area contributed by atoms with E-state index in [1.807, 2.05) is 20.8 Å². The highest BCUT2D eigenvalue weighted by atomic mass is 32.2. The van der Waals surface area contributed by atoms with Gasteiger partial charge in [-0.2, -0.15) is 13.2 Å². The topological polar surface area (TPSA) is 92.6 Å². The van der Waals surface area contributed by atoms with E-state index in [2.05, 4.69) is 15.5 Å². The summed E-state index contributed by atoms with van der Waals surface area (Å²) in [6.07, 6.45) is -4.47. The van der Waals surface area contributed by atoms with Crippen molar-refractivity contribution in [2.45, 2.75) is 44.2 Å². The average molecular weight is 453 g/mol. The van der Waals surface area contributed by atoms with Crippen molar-refractivity contribution in [3.8, 4) is 0 Å². The van der Waals surface area contributed by atoms with Crippen LogP contribution in [0.5, 0.6) is 0 Å². The molecule has 1 aliphatic heterocycles. The summed E-state index contributed by atoms with van der Waals surface area (Å²) in [7, 11) is 1.46. The zero-order valence-electron chi connectivity index (χ0n) is 17.5. The van der Waals surface area contributed by atoms with Crippen molar-refractivity contribution < 1.29 is 27.5 Å². The summed E-state index contributed by atoms with van der Waals surface area (Å²) in [4.78, 5) is 27.2. The van der Waals surface area contributed by atoms with Crippen molar-refractivity contribution in [2.75, 3.05) is 50.5 Å². The number of thioether (sulfide) groups is 1. The molecule has 0 radical (unpaired) electrons. The van der Waals surface area contributed by atoms with Gasteiger partial charge in [-0.05, 0) is 20.8 Å². The van der Waals surface area contributed by atoms with Crippen LogP contribution in [-0.4, -0.2) is 88.8 Å². The molecule has 13 heteroatoms. The molecule has 2 rings (SSSR count). The van der Waals surface area contributed by atoms with Crippen molar-refractivity contribution >= 4 is 29.5 Å². The molecule has 0 aromatic carbocycles. The number of amides is 2. The first-order valence-corrected chi connectivity index (χ1v) is 10.3. The number of morpholine rings is 1. The van der Waals surface area contributed by atoms with Gasteiger partial charge >= 0.3 is 6.18 Å². The minimum atomic E-state index is -4.47. The number of hydrogen-bond acceptors (Lipinski definition) is 7. The smallest absolute Gasteiger partial charge is 0.378 e. The Morgan fingerprint density at radius 3 is 2.40 bits per heavy atom. The van der Waals surface area contributed by atoms with Gasteiger partial charge in [0.25, 0.3) is 0 Å². The molecule has 0 aliphatic carbocycles. The number of rotatable bonds is 7. The molecular formula is C17H27F3N6O3S. The van der Waals surface area contributed by atoms with Crippen molar-refractivity contribution in [3.05, 3.63) is 0 Å². The molecule has 30 heavy (non-hydrogen) atoms. The van der Waals surface area contributed by atoms with Gasteiger partial charge in [-0.1, -0.05) is 11.8 Å². The van der Waals surface area contributed by atoms with Crippen LogP contribution < -0.4 is 10.2 Å². The molecule has 170 valence electrons. The summed E-state index contributed by atoms with van der Waals surface area (Å²) < 4.78 is 45.5. The van der Waals surface area contributed by atoms with E-state index in [9.17, 15) is 22.8 Å². The molecule has 1 aliphatic rings. The van der Waals surface area contributed by atoms with E-state index in [1.165, 1.54) is 11.9 Å². The van der Waals surface area contributed by atoms with Gasteiger partial charge < -0.3 is 19.9 Å². The standard InChI is InChI=1S/C17H27F3N6O3S/c1-16(2,3)21-12(27)9-24(4)13(28)10-30-15-23-22-14(25-5-7-29-8-6-25)26(15)11-17(18,19)20/h5-11H2,1-4H3,(H,21,27). The third-order valence-electron chi connectivity index (χ3n) is 3.97. The minimum absolute atomic E-state index is 0.00490. The Bertz CT molecular complexity index is 744. The molecule has 2 heterocycles. The molecular weight excluding hydrogens is 425 g/mol. The second kappa shape index (κ2) is 9.86. The minimum Gasteiger partial charge on any atom is -0.378 e. The molecule has 2 amide bonds. The Kier molecular flexibility index (Phi) is 7.97. The summed E-state index contributed by atoms with van der Waals surface area (Å²) >= 11 is 0.858. The summed E-state index contributed by atoms with van der Waals surface area (Å²) in [6.45, 7) is 5.66. The number of carbonyl (C=O) groups is 2. The lowest BCUT2D eigenvalue weighted by atomic mass is 10.1.